The summed E-state index contributed by atoms with van der Waals surface area (Å²) in [6.45, 7) is 2.88. The zero-order valence-electron chi connectivity index (χ0n) is 12.5. The average molecular weight is 313 g/mol. The van der Waals surface area contributed by atoms with Gasteiger partial charge in [-0.15, -0.1) is 11.3 Å². The molecule has 2 atom stereocenters. The Bertz CT molecular complexity index is 444. The topological polar surface area (TPSA) is 49.3 Å². The Labute approximate surface area is 129 Å². The van der Waals surface area contributed by atoms with Crippen molar-refractivity contribution in [1.82, 2.24) is 15.6 Å². The van der Waals surface area contributed by atoms with E-state index in [1.54, 1.807) is 11.3 Å². The average Bonchev–Trinajstić information content (AvgIpc) is 3.12. The molecule has 0 amide bonds. The minimum absolute atomic E-state index is 0.556. The van der Waals surface area contributed by atoms with Crippen molar-refractivity contribution in [1.29, 1.82) is 0 Å². The lowest BCUT2D eigenvalue weighted by Crippen LogP contribution is -2.42. The van der Waals surface area contributed by atoms with Crippen LogP contribution in [-0.4, -0.2) is 35.5 Å². The van der Waals surface area contributed by atoms with Crippen LogP contribution >= 0.6 is 23.1 Å². The maximum Gasteiger partial charge on any atom is 0.191 e. The predicted octanol–water partition coefficient (Wildman–Crippen LogP) is 2.65. The standard InChI is InChI=1S/C14H24N4S2/c1-4-13-17-11(9-20-13)8-16-14(15-2)18-10-5-6-12(7-10)19-3/h9-10,12H,4-8H2,1-3H3,(H2,15,16,18). The number of nitrogens with zero attached hydrogens (tertiary/aromatic N) is 2. The fourth-order valence-corrected chi connectivity index (χ4v) is 3.98. The van der Waals surface area contributed by atoms with Crippen molar-refractivity contribution >= 4 is 29.1 Å². The number of thiazole rings is 1. The minimum Gasteiger partial charge on any atom is -0.354 e. The number of thioether (sulfide) groups is 1. The molecule has 0 saturated heterocycles. The molecule has 0 aromatic carbocycles. The minimum atomic E-state index is 0.556. The third kappa shape index (κ3) is 4.38. The van der Waals surface area contributed by atoms with Gasteiger partial charge in [-0.05, 0) is 31.9 Å². The molecule has 0 spiro atoms. The second kappa shape index (κ2) is 7.88. The molecule has 2 unspecified atom stereocenters. The molecule has 1 heterocycles. The van der Waals surface area contributed by atoms with Crippen molar-refractivity contribution in [2.75, 3.05) is 13.3 Å². The lowest BCUT2D eigenvalue weighted by Gasteiger charge is -2.16. The molecule has 6 heteroatoms. The molecule has 0 radical (unpaired) electrons. The molecular formula is C14H24N4S2. The number of aromatic nitrogens is 1. The summed E-state index contributed by atoms with van der Waals surface area (Å²) in [5.74, 6) is 0.891. The van der Waals surface area contributed by atoms with Gasteiger partial charge in [-0.25, -0.2) is 4.98 Å². The summed E-state index contributed by atoms with van der Waals surface area (Å²) < 4.78 is 0. The molecule has 1 saturated carbocycles. The highest BCUT2D eigenvalue weighted by Gasteiger charge is 2.24. The Morgan fingerprint density at radius 2 is 2.40 bits per heavy atom. The van der Waals surface area contributed by atoms with E-state index in [0.29, 0.717) is 6.04 Å². The van der Waals surface area contributed by atoms with Crippen molar-refractivity contribution in [2.24, 2.45) is 4.99 Å². The number of nitrogens with one attached hydrogen (secondary N) is 2. The molecule has 0 bridgehead atoms. The molecule has 2 rings (SSSR count). The van der Waals surface area contributed by atoms with Gasteiger partial charge in [-0.1, -0.05) is 6.92 Å². The lowest BCUT2D eigenvalue weighted by atomic mass is 10.2. The molecule has 1 aromatic rings. The van der Waals surface area contributed by atoms with Gasteiger partial charge >= 0.3 is 0 Å². The zero-order valence-corrected chi connectivity index (χ0v) is 14.1. The van der Waals surface area contributed by atoms with Crippen molar-refractivity contribution in [3.05, 3.63) is 16.1 Å². The van der Waals surface area contributed by atoms with Crippen LogP contribution in [0.4, 0.5) is 0 Å². The van der Waals surface area contributed by atoms with E-state index in [1.807, 2.05) is 18.8 Å². The molecule has 20 heavy (non-hydrogen) atoms. The first kappa shape index (κ1) is 15.6. The van der Waals surface area contributed by atoms with Gasteiger partial charge < -0.3 is 10.6 Å². The lowest BCUT2D eigenvalue weighted by molar-refractivity contribution is 0.614. The van der Waals surface area contributed by atoms with Gasteiger partial charge in [0.2, 0.25) is 0 Å². The summed E-state index contributed by atoms with van der Waals surface area (Å²) in [6, 6.07) is 0.556. The van der Waals surface area contributed by atoms with Gasteiger partial charge in [0.25, 0.3) is 0 Å². The highest BCUT2D eigenvalue weighted by Crippen LogP contribution is 2.27. The van der Waals surface area contributed by atoms with E-state index < -0.39 is 0 Å². The molecule has 112 valence electrons. The van der Waals surface area contributed by atoms with E-state index in [1.165, 1.54) is 24.3 Å². The predicted molar refractivity (Wildman–Crippen MR) is 89.8 cm³/mol. The number of aliphatic imine (C=N–C) groups is 1. The van der Waals surface area contributed by atoms with E-state index in [0.717, 1.165) is 29.9 Å². The van der Waals surface area contributed by atoms with Crippen molar-refractivity contribution in [3.8, 4) is 0 Å². The van der Waals surface area contributed by atoms with Crippen LogP contribution in [-0.2, 0) is 13.0 Å². The molecule has 1 aliphatic rings. The fraction of sp³-hybridized carbons (Fsp3) is 0.714. The third-order valence-corrected chi connectivity index (χ3v) is 5.76. The third-order valence-electron chi connectivity index (χ3n) is 3.62. The Morgan fingerprint density at radius 3 is 3.00 bits per heavy atom. The van der Waals surface area contributed by atoms with Gasteiger partial charge in [0.1, 0.15) is 0 Å². The second-order valence-electron chi connectivity index (χ2n) is 5.02. The summed E-state index contributed by atoms with van der Waals surface area (Å²) in [7, 11) is 1.83. The van der Waals surface area contributed by atoms with Crippen LogP contribution in [0.1, 0.15) is 36.9 Å². The number of hydrogen-bond acceptors (Lipinski definition) is 4. The van der Waals surface area contributed by atoms with Crippen LogP contribution in [0.5, 0.6) is 0 Å². The van der Waals surface area contributed by atoms with Gasteiger partial charge in [-0.2, -0.15) is 11.8 Å². The Kier molecular flexibility index (Phi) is 6.16. The van der Waals surface area contributed by atoms with Gasteiger partial charge in [0.05, 0.1) is 17.2 Å². The smallest absolute Gasteiger partial charge is 0.191 e. The second-order valence-corrected chi connectivity index (χ2v) is 7.10. The first-order valence-corrected chi connectivity index (χ1v) is 9.35. The zero-order chi connectivity index (χ0) is 14.4. The van der Waals surface area contributed by atoms with Crippen LogP contribution in [0.3, 0.4) is 0 Å². The van der Waals surface area contributed by atoms with Gasteiger partial charge in [0.15, 0.2) is 5.96 Å². The van der Waals surface area contributed by atoms with E-state index in [4.69, 9.17) is 0 Å². The number of aryl methyl sites for hydroxylation is 1. The summed E-state index contributed by atoms with van der Waals surface area (Å²) in [5, 5.41) is 11.0. The van der Waals surface area contributed by atoms with Gasteiger partial charge in [-0.3, -0.25) is 4.99 Å². The Morgan fingerprint density at radius 1 is 1.55 bits per heavy atom. The maximum atomic E-state index is 4.56. The van der Waals surface area contributed by atoms with Crippen LogP contribution in [0.15, 0.2) is 10.4 Å². The Balaban J connectivity index is 1.78. The highest BCUT2D eigenvalue weighted by molar-refractivity contribution is 7.99. The first-order valence-electron chi connectivity index (χ1n) is 7.18. The van der Waals surface area contributed by atoms with Crippen LogP contribution in [0.25, 0.3) is 0 Å². The normalized spacial score (nSPS) is 23.1. The first-order chi connectivity index (χ1) is 9.75. The molecule has 2 N–H and O–H groups in total. The molecule has 0 aliphatic heterocycles. The quantitative estimate of drug-likeness (QED) is 0.648. The van der Waals surface area contributed by atoms with Gasteiger partial charge in [0, 0.05) is 23.7 Å². The van der Waals surface area contributed by atoms with Crippen molar-refractivity contribution in [3.63, 3.8) is 0 Å². The van der Waals surface area contributed by atoms with Crippen LogP contribution < -0.4 is 10.6 Å². The van der Waals surface area contributed by atoms with E-state index in [9.17, 15) is 0 Å². The number of rotatable bonds is 5. The highest BCUT2D eigenvalue weighted by atomic mass is 32.2. The molecule has 1 aromatic heterocycles. The summed E-state index contributed by atoms with van der Waals surface area (Å²) in [6.07, 6.45) is 6.99. The molecular weight excluding hydrogens is 288 g/mol. The number of hydrogen-bond donors (Lipinski definition) is 2. The Hall–Kier alpha value is -0.750. The van der Waals surface area contributed by atoms with E-state index in [2.05, 4.69) is 39.2 Å². The van der Waals surface area contributed by atoms with E-state index in [-0.39, 0.29) is 0 Å². The number of guanidine groups is 1. The van der Waals surface area contributed by atoms with Crippen LogP contribution in [0.2, 0.25) is 0 Å². The summed E-state index contributed by atoms with van der Waals surface area (Å²) in [4.78, 5) is 8.87. The SMILES string of the molecule is CCc1nc(CNC(=NC)NC2CCC(SC)C2)cs1. The molecule has 4 nitrogen and oxygen atoms in total. The summed E-state index contributed by atoms with van der Waals surface area (Å²) in [5.41, 5.74) is 1.10. The monoisotopic (exact) mass is 312 g/mol. The maximum absolute atomic E-state index is 4.56. The van der Waals surface area contributed by atoms with Crippen LogP contribution in [0, 0.1) is 0 Å². The van der Waals surface area contributed by atoms with Crippen molar-refractivity contribution < 1.29 is 0 Å². The van der Waals surface area contributed by atoms with Crippen molar-refractivity contribution in [2.45, 2.75) is 50.4 Å². The molecule has 1 fully saturated rings. The summed E-state index contributed by atoms with van der Waals surface area (Å²) >= 11 is 3.71. The molecule has 1 aliphatic carbocycles. The largest absolute Gasteiger partial charge is 0.354 e. The fourth-order valence-electron chi connectivity index (χ4n) is 2.44. The van der Waals surface area contributed by atoms with E-state index >= 15 is 0 Å².